The van der Waals surface area contributed by atoms with Crippen molar-refractivity contribution in [3.63, 3.8) is 0 Å². The van der Waals surface area contributed by atoms with Crippen molar-refractivity contribution in [3.05, 3.63) is 199 Å². The number of nitrogens with zero attached hydrogens (tertiary/aromatic N) is 3. The first kappa shape index (κ1) is 33.1. The van der Waals surface area contributed by atoms with Crippen molar-refractivity contribution in [1.29, 1.82) is 0 Å². The quantitative estimate of drug-likeness (QED) is 0.131. The summed E-state index contributed by atoms with van der Waals surface area (Å²) in [4.78, 5) is 15.2. The third-order valence-corrected chi connectivity index (χ3v) is 11.9. The monoisotopic (exact) mass is 727 g/mol. The molecule has 268 valence electrons. The van der Waals surface area contributed by atoms with Crippen molar-refractivity contribution >= 4 is 32.3 Å². The fourth-order valence-electron chi connectivity index (χ4n) is 9.16. The van der Waals surface area contributed by atoms with Crippen LogP contribution in [-0.2, 0) is 5.41 Å². The van der Waals surface area contributed by atoms with E-state index in [-0.39, 0.29) is 5.41 Å². The van der Waals surface area contributed by atoms with Gasteiger partial charge >= 0.3 is 0 Å². The topological polar surface area (TPSA) is 38.7 Å². The Bertz CT molecular complexity index is 3180. The molecule has 3 heteroatoms. The average Bonchev–Trinajstić information content (AvgIpc) is 3.51. The first-order valence-electron chi connectivity index (χ1n) is 19.6. The highest BCUT2D eigenvalue weighted by Crippen LogP contribution is 2.52. The van der Waals surface area contributed by atoms with Crippen LogP contribution in [0.5, 0.6) is 0 Å². The molecule has 1 aliphatic carbocycles. The number of benzene rings is 9. The van der Waals surface area contributed by atoms with Gasteiger partial charge < -0.3 is 0 Å². The van der Waals surface area contributed by atoms with Crippen LogP contribution in [0.15, 0.2) is 188 Å². The highest BCUT2D eigenvalue weighted by molar-refractivity contribution is 6.22. The molecule has 0 fully saturated rings. The minimum absolute atomic E-state index is 0.0983. The molecule has 0 amide bonds. The lowest BCUT2D eigenvalue weighted by Gasteiger charge is -2.24. The Labute approximate surface area is 332 Å². The lowest BCUT2D eigenvalue weighted by atomic mass is 9.79. The van der Waals surface area contributed by atoms with Gasteiger partial charge in [0.15, 0.2) is 17.5 Å². The third-order valence-electron chi connectivity index (χ3n) is 11.9. The minimum atomic E-state index is -0.0983. The first-order chi connectivity index (χ1) is 28.0. The Morgan fingerprint density at radius 1 is 0.351 bits per heavy atom. The first-order valence-corrected chi connectivity index (χ1v) is 19.6. The van der Waals surface area contributed by atoms with E-state index in [4.69, 9.17) is 15.0 Å². The van der Waals surface area contributed by atoms with Crippen molar-refractivity contribution in [1.82, 2.24) is 15.0 Å². The number of aromatic nitrogens is 3. The Hall–Kier alpha value is -7.23. The predicted molar refractivity (Wildman–Crippen MR) is 237 cm³/mol. The summed E-state index contributed by atoms with van der Waals surface area (Å²) >= 11 is 0. The van der Waals surface area contributed by atoms with E-state index in [0.717, 1.165) is 22.3 Å². The van der Waals surface area contributed by atoms with E-state index in [1.807, 2.05) is 18.2 Å². The molecular formula is C54H37N3. The Balaban J connectivity index is 1.01. The van der Waals surface area contributed by atoms with E-state index in [2.05, 4.69) is 184 Å². The Morgan fingerprint density at radius 3 is 1.58 bits per heavy atom. The van der Waals surface area contributed by atoms with Gasteiger partial charge in [-0.05, 0) is 82.9 Å². The van der Waals surface area contributed by atoms with Crippen LogP contribution in [0.2, 0.25) is 0 Å². The van der Waals surface area contributed by atoms with Gasteiger partial charge in [-0.1, -0.05) is 196 Å². The summed E-state index contributed by atoms with van der Waals surface area (Å²) in [6.07, 6.45) is 0. The zero-order chi connectivity index (χ0) is 38.1. The zero-order valence-corrected chi connectivity index (χ0v) is 31.7. The van der Waals surface area contributed by atoms with Crippen LogP contribution in [0.1, 0.15) is 25.0 Å². The van der Waals surface area contributed by atoms with E-state index in [1.165, 1.54) is 71.3 Å². The fraction of sp³-hybridized carbons (Fsp3) is 0.0556. The van der Waals surface area contributed by atoms with Gasteiger partial charge in [0.2, 0.25) is 0 Å². The molecule has 10 aromatic rings. The summed E-state index contributed by atoms with van der Waals surface area (Å²) in [6, 6.07) is 67.3. The van der Waals surface area contributed by atoms with E-state index < -0.39 is 0 Å². The maximum Gasteiger partial charge on any atom is 0.164 e. The molecule has 0 radical (unpaired) electrons. The van der Waals surface area contributed by atoms with Crippen LogP contribution in [0.4, 0.5) is 0 Å². The van der Waals surface area contributed by atoms with Crippen LogP contribution < -0.4 is 0 Å². The number of hydrogen-bond acceptors (Lipinski definition) is 3. The predicted octanol–water partition coefficient (Wildman–Crippen LogP) is 14.0. The number of rotatable bonds is 5. The molecule has 0 N–H and O–H groups in total. The molecule has 0 saturated carbocycles. The smallest absolute Gasteiger partial charge is 0.164 e. The van der Waals surface area contributed by atoms with Crippen LogP contribution in [0.25, 0.3) is 99.9 Å². The molecule has 1 heterocycles. The number of hydrogen-bond donors (Lipinski definition) is 0. The van der Waals surface area contributed by atoms with Gasteiger partial charge in [0.25, 0.3) is 0 Å². The molecule has 0 saturated heterocycles. The maximum absolute atomic E-state index is 5.13. The largest absolute Gasteiger partial charge is 0.208 e. The van der Waals surface area contributed by atoms with Crippen molar-refractivity contribution in [3.8, 4) is 67.5 Å². The van der Waals surface area contributed by atoms with Gasteiger partial charge in [0, 0.05) is 22.1 Å². The van der Waals surface area contributed by atoms with Crippen LogP contribution in [-0.4, -0.2) is 15.0 Å². The van der Waals surface area contributed by atoms with Crippen molar-refractivity contribution in [2.75, 3.05) is 0 Å². The molecule has 3 nitrogen and oxygen atoms in total. The second kappa shape index (κ2) is 12.9. The molecule has 1 aliphatic rings. The van der Waals surface area contributed by atoms with Crippen LogP contribution in [0.3, 0.4) is 0 Å². The SMILES string of the molecule is CC1(C)c2ccccc2-c2cccc(-c3ccc(-c4nc(-c5ccccc5)nc(-c5ccc(-c6c7ccccc7cc7ccc8ccccc8c67)cc5)n4)cc3)c21. The van der Waals surface area contributed by atoms with Gasteiger partial charge in [-0.25, -0.2) is 15.0 Å². The molecular weight excluding hydrogens is 691 g/mol. The second-order valence-corrected chi connectivity index (χ2v) is 15.6. The molecule has 0 spiro atoms. The highest BCUT2D eigenvalue weighted by Gasteiger charge is 2.37. The minimum Gasteiger partial charge on any atom is -0.208 e. The maximum atomic E-state index is 5.13. The molecule has 0 unspecified atom stereocenters. The molecule has 0 atom stereocenters. The third kappa shape index (κ3) is 5.38. The zero-order valence-electron chi connectivity index (χ0n) is 31.7. The molecule has 57 heavy (non-hydrogen) atoms. The Kier molecular flexibility index (Phi) is 7.52. The van der Waals surface area contributed by atoms with Gasteiger partial charge in [-0.3, -0.25) is 0 Å². The molecule has 11 rings (SSSR count). The number of fused-ring (bicyclic) bond motifs is 7. The van der Waals surface area contributed by atoms with E-state index in [9.17, 15) is 0 Å². The average molecular weight is 728 g/mol. The fourth-order valence-corrected chi connectivity index (χ4v) is 9.16. The van der Waals surface area contributed by atoms with Crippen molar-refractivity contribution in [2.45, 2.75) is 19.3 Å². The lowest BCUT2D eigenvalue weighted by Crippen LogP contribution is -2.16. The molecule has 1 aromatic heterocycles. The summed E-state index contributed by atoms with van der Waals surface area (Å²) in [7, 11) is 0. The Morgan fingerprint density at radius 2 is 0.860 bits per heavy atom. The highest BCUT2D eigenvalue weighted by atomic mass is 15.0. The van der Waals surface area contributed by atoms with Gasteiger partial charge in [0.05, 0.1) is 0 Å². The van der Waals surface area contributed by atoms with Crippen LogP contribution in [0, 0.1) is 0 Å². The van der Waals surface area contributed by atoms with Crippen molar-refractivity contribution in [2.24, 2.45) is 0 Å². The van der Waals surface area contributed by atoms with E-state index >= 15 is 0 Å². The lowest BCUT2D eigenvalue weighted by molar-refractivity contribution is 0.662. The summed E-state index contributed by atoms with van der Waals surface area (Å²) < 4.78 is 0. The van der Waals surface area contributed by atoms with Crippen molar-refractivity contribution < 1.29 is 0 Å². The second-order valence-electron chi connectivity index (χ2n) is 15.6. The van der Waals surface area contributed by atoms with Gasteiger partial charge in [-0.2, -0.15) is 0 Å². The summed E-state index contributed by atoms with van der Waals surface area (Å²) in [5, 5.41) is 7.46. The molecule has 0 aliphatic heterocycles. The van der Waals surface area contributed by atoms with E-state index in [0.29, 0.717) is 17.5 Å². The molecule has 9 aromatic carbocycles. The van der Waals surface area contributed by atoms with Crippen LogP contribution >= 0.6 is 0 Å². The standard InChI is InChI=1S/C54H37N3/c1-54(2)47-22-11-10-19-45(47)46-21-12-20-44(50(46)54)35-23-28-38(29-24-35)52-55-51(37-14-4-3-5-15-37)56-53(57-52)39-30-26-36(27-31-39)48-43-18-9-7-16-40(43)33-41-32-25-34-13-6-8-17-42(34)49(41)48/h3-33H,1-2H3. The van der Waals surface area contributed by atoms with Gasteiger partial charge in [-0.15, -0.1) is 0 Å². The normalized spacial score (nSPS) is 12.9. The molecule has 0 bridgehead atoms. The summed E-state index contributed by atoms with van der Waals surface area (Å²) in [5.74, 6) is 1.94. The van der Waals surface area contributed by atoms with E-state index in [1.54, 1.807) is 0 Å². The summed E-state index contributed by atoms with van der Waals surface area (Å²) in [5.41, 5.74) is 13.0. The van der Waals surface area contributed by atoms with Gasteiger partial charge in [0.1, 0.15) is 0 Å². The summed E-state index contributed by atoms with van der Waals surface area (Å²) in [6.45, 7) is 4.68.